The maximum Gasteiger partial charge on any atom is 0.455 e. The fourth-order valence-electron chi connectivity index (χ4n) is 4.57. The molecular formula is C30H28F5N3O5. The highest BCUT2D eigenvalue weighted by Gasteiger charge is 2.57. The summed E-state index contributed by atoms with van der Waals surface area (Å²) >= 11 is 0. The lowest BCUT2D eigenvalue weighted by Crippen LogP contribution is -2.53. The molecule has 1 unspecified atom stereocenters. The van der Waals surface area contributed by atoms with Gasteiger partial charge in [-0.2, -0.15) is 22.0 Å². The molecule has 13 heteroatoms. The summed E-state index contributed by atoms with van der Waals surface area (Å²) in [4.78, 5) is 41.1. The minimum atomic E-state index is -5.91. The highest BCUT2D eigenvalue weighted by atomic mass is 19.4. The molecule has 1 aliphatic heterocycles. The first-order chi connectivity index (χ1) is 20.4. The molecule has 4 rings (SSSR count). The van der Waals surface area contributed by atoms with Crippen molar-refractivity contribution in [2.45, 2.75) is 30.9 Å². The van der Waals surface area contributed by atoms with E-state index >= 15 is 0 Å². The summed E-state index contributed by atoms with van der Waals surface area (Å²) in [5, 5.41) is 3.84. The number of nitrogens with one attached hydrogen (secondary N) is 2. The Kier molecular flexibility index (Phi) is 9.77. The van der Waals surface area contributed by atoms with E-state index < -0.39 is 48.5 Å². The number of hydrogen-bond acceptors (Lipinski definition) is 5. The number of rotatable bonds is 11. The van der Waals surface area contributed by atoms with E-state index in [4.69, 9.17) is 9.47 Å². The van der Waals surface area contributed by atoms with E-state index in [0.29, 0.717) is 29.0 Å². The predicted octanol–water partition coefficient (Wildman–Crippen LogP) is 4.40. The maximum atomic E-state index is 14.0. The minimum Gasteiger partial charge on any atom is -0.375 e. The Hall–Kier alpha value is -4.36. The second kappa shape index (κ2) is 13.3. The van der Waals surface area contributed by atoms with Crippen molar-refractivity contribution in [1.82, 2.24) is 10.6 Å². The number of methoxy groups -OCH3 is 1. The fraction of sp³-hybridized carbons (Fsp3) is 0.300. The monoisotopic (exact) mass is 605 g/mol. The molecule has 0 saturated carbocycles. The lowest BCUT2D eigenvalue weighted by Gasteiger charge is -2.27. The van der Waals surface area contributed by atoms with E-state index in [1.54, 1.807) is 48.5 Å². The number of anilines is 1. The van der Waals surface area contributed by atoms with E-state index in [-0.39, 0.29) is 13.2 Å². The van der Waals surface area contributed by atoms with Crippen molar-refractivity contribution in [3.05, 3.63) is 90.0 Å². The van der Waals surface area contributed by atoms with Crippen LogP contribution in [-0.2, 0) is 30.5 Å². The van der Waals surface area contributed by atoms with Gasteiger partial charge in [-0.05, 0) is 22.8 Å². The summed E-state index contributed by atoms with van der Waals surface area (Å²) in [7, 11) is 0.904. The molecular weight excluding hydrogens is 577 g/mol. The number of benzene rings is 3. The smallest absolute Gasteiger partial charge is 0.375 e. The van der Waals surface area contributed by atoms with Crippen LogP contribution in [-0.4, -0.2) is 62.7 Å². The van der Waals surface area contributed by atoms with Crippen molar-refractivity contribution in [3.8, 4) is 11.1 Å². The molecule has 2 atom stereocenters. The van der Waals surface area contributed by atoms with E-state index in [1.165, 1.54) is 10.2 Å². The Labute approximate surface area is 243 Å². The molecule has 43 heavy (non-hydrogen) atoms. The van der Waals surface area contributed by atoms with Gasteiger partial charge in [-0.3, -0.25) is 14.4 Å². The largest absolute Gasteiger partial charge is 0.455 e. The topological polar surface area (TPSA) is 97.0 Å². The number of para-hydroxylation sites is 1. The lowest BCUT2D eigenvalue weighted by atomic mass is 9.95. The molecule has 0 radical (unpaired) electrons. The third-order valence-corrected chi connectivity index (χ3v) is 6.74. The van der Waals surface area contributed by atoms with E-state index in [0.717, 1.165) is 12.7 Å². The van der Waals surface area contributed by atoms with Crippen LogP contribution in [0, 0.1) is 0 Å². The third-order valence-electron chi connectivity index (χ3n) is 6.74. The molecule has 3 aromatic rings. The van der Waals surface area contributed by atoms with E-state index in [9.17, 15) is 36.3 Å². The highest BCUT2D eigenvalue weighted by molar-refractivity contribution is 6.09. The minimum absolute atomic E-state index is 0.0871. The normalized spacial score (nSPS) is 15.6. The Morgan fingerprint density at radius 2 is 1.51 bits per heavy atom. The molecule has 3 aromatic carbocycles. The van der Waals surface area contributed by atoms with Gasteiger partial charge in [0.25, 0.3) is 17.7 Å². The number of amides is 3. The van der Waals surface area contributed by atoms with Crippen molar-refractivity contribution in [1.29, 1.82) is 0 Å². The molecule has 1 aliphatic rings. The Morgan fingerprint density at radius 3 is 2.19 bits per heavy atom. The fourth-order valence-corrected chi connectivity index (χ4v) is 4.57. The molecule has 2 N–H and O–H groups in total. The zero-order valence-electron chi connectivity index (χ0n) is 22.9. The van der Waals surface area contributed by atoms with E-state index in [1.807, 2.05) is 30.3 Å². The molecule has 0 aromatic heterocycles. The van der Waals surface area contributed by atoms with Crippen molar-refractivity contribution >= 4 is 23.4 Å². The van der Waals surface area contributed by atoms with Crippen LogP contribution in [0.3, 0.4) is 0 Å². The molecule has 1 heterocycles. The SMILES string of the molecule is COC(C(=O)NCC(F)(F)C(F)(F)F)C(=O)N[C@@H]1C(=O)N(CCOCc2ccccc2)c2ccccc2-c2ccccc21. The number of alkyl halides is 5. The Morgan fingerprint density at radius 1 is 0.884 bits per heavy atom. The molecule has 0 saturated heterocycles. The van der Waals surface area contributed by atoms with Gasteiger partial charge in [0.1, 0.15) is 6.04 Å². The summed E-state index contributed by atoms with van der Waals surface area (Å²) < 4.78 is 74.9. The van der Waals surface area contributed by atoms with Crippen LogP contribution >= 0.6 is 0 Å². The van der Waals surface area contributed by atoms with Crippen molar-refractivity contribution < 1.29 is 45.8 Å². The van der Waals surface area contributed by atoms with Gasteiger partial charge in [-0.25, -0.2) is 0 Å². The van der Waals surface area contributed by atoms with Crippen molar-refractivity contribution in [3.63, 3.8) is 0 Å². The van der Waals surface area contributed by atoms with Gasteiger partial charge in [-0.15, -0.1) is 0 Å². The second-order valence-electron chi connectivity index (χ2n) is 9.61. The lowest BCUT2D eigenvalue weighted by molar-refractivity contribution is -0.278. The molecule has 0 fully saturated rings. The highest BCUT2D eigenvalue weighted by Crippen LogP contribution is 2.40. The predicted molar refractivity (Wildman–Crippen MR) is 146 cm³/mol. The molecule has 0 spiro atoms. The second-order valence-corrected chi connectivity index (χ2v) is 9.61. The first-order valence-electron chi connectivity index (χ1n) is 13.1. The van der Waals surface area contributed by atoms with Gasteiger partial charge in [0.05, 0.1) is 25.4 Å². The third kappa shape index (κ3) is 7.17. The quantitative estimate of drug-likeness (QED) is 0.192. The van der Waals surface area contributed by atoms with Crippen LogP contribution in [0.4, 0.5) is 27.6 Å². The van der Waals surface area contributed by atoms with Gasteiger partial charge in [-0.1, -0.05) is 72.8 Å². The van der Waals surface area contributed by atoms with Gasteiger partial charge in [0, 0.05) is 19.2 Å². The first-order valence-corrected chi connectivity index (χ1v) is 13.1. The number of carbonyl (C=O) groups is 3. The van der Waals surface area contributed by atoms with Crippen LogP contribution in [0.25, 0.3) is 11.1 Å². The van der Waals surface area contributed by atoms with Crippen molar-refractivity contribution in [2.24, 2.45) is 0 Å². The standard InChI is InChI=1S/C30H28F5N3O5/c1-42-25(26(39)36-18-29(31,32)30(33,34)35)27(40)37-24-22-13-6-5-11-20(22)21-12-7-8-14-23(21)38(28(24)41)15-16-43-17-19-9-3-2-4-10-19/h2-14,24-25H,15-18H2,1H3,(H,36,39)(H,37,40)/t24-,25?/m0/s1. The molecule has 3 amide bonds. The van der Waals surface area contributed by atoms with Crippen LogP contribution in [0.15, 0.2) is 78.9 Å². The maximum absolute atomic E-state index is 14.0. The zero-order valence-corrected chi connectivity index (χ0v) is 22.9. The molecule has 0 bridgehead atoms. The number of hydrogen-bond donors (Lipinski definition) is 2. The number of ether oxygens (including phenoxy) is 2. The van der Waals surface area contributed by atoms with Crippen molar-refractivity contribution in [2.75, 3.05) is 31.7 Å². The summed E-state index contributed by atoms with van der Waals surface area (Å²) in [5.41, 5.74) is 3.13. The van der Waals surface area contributed by atoms with Crippen LogP contribution < -0.4 is 15.5 Å². The zero-order chi connectivity index (χ0) is 31.2. The number of fused-ring (bicyclic) bond motifs is 3. The van der Waals surface area contributed by atoms with Crippen LogP contribution in [0.1, 0.15) is 17.2 Å². The number of carbonyl (C=O) groups excluding carboxylic acids is 3. The summed E-state index contributed by atoms with van der Waals surface area (Å²) in [6, 6.07) is 21.8. The average molecular weight is 606 g/mol. The Bertz CT molecular complexity index is 1450. The Balaban J connectivity index is 1.57. The summed E-state index contributed by atoms with van der Waals surface area (Å²) in [6.45, 7) is -1.59. The van der Waals surface area contributed by atoms with Gasteiger partial charge in [0.15, 0.2) is 0 Å². The van der Waals surface area contributed by atoms with E-state index in [2.05, 4.69) is 5.32 Å². The molecule has 228 valence electrons. The summed E-state index contributed by atoms with van der Waals surface area (Å²) in [5.74, 6) is -8.57. The molecule has 0 aliphatic carbocycles. The summed E-state index contributed by atoms with van der Waals surface area (Å²) in [6.07, 6.45) is -8.04. The van der Waals surface area contributed by atoms with Gasteiger partial charge in [0.2, 0.25) is 6.10 Å². The van der Waals surface area contributed by atoms with Crippen LogP contribution in [0.5, 0.6) is 0 Å². The number of halogens is 5. The van der Waals surface area contributed by atoms with Gasteiger partial charge >= 0.3 is 12.1 Å². The van der Waals surface area contributed by atoms with Crippen LogP contribution in [0.2, 0.25) is 0 Å². The average Bonchev–Trinajstić information content (AvgIpc) is 3.08. The number of nitrogens with zero attached hydrogens (tertiary/aromatic N) is 1. The molecule has 8 nitrogen and oxygen atoms in total. The van der Waals surface area contributed by atoms with Gasteiger partial charge < -0.3 is 25.0 Å². The first kappa shape index (κ1) is 31.6.